The van der Waals surface area contributed by atoms with E-state index in [1.54, 1.807) is 5.38 Å². The van der Waals surface area contributed by atoms with Crippen molar-refractivity contribution in [2.45, 2.75) is 0 Å². The van der Waals surface area contributed by atoms with Gasteiger partial charge >= 0.3 is 0 Å². The molecule has 0 unspecified atom stereocenters. The second-order valence-electron chi connectivity index (χ2n) is 4.18. The number of rotatable bonds is 1. The molecule has 3 rings (SSSR count). The lowest BCUT2D eigenvalue weighted by molar-refractivity contribution is 0.0776. The molecular formula is C9H12N4OS. The van der Waals surface area contributed by atoms with E-state index < -0.39 is 0 Å². The van der Waals surface area contributed by atoms with Crippen LogP contribution < -0.4 is 5.32 Å². The van der Waals surface area contributed by atoms with E-state index in [-0.39, 0.29) is 5.91 Å². The molecule has 6 heteroatoms. The highest BCUT2D eigenvalue weighted by atomic mass is 32.1. The maximum Gasteiger partial charge on any atom is 0.275 e. The van der Waals surface area contributed by atoms with Crippen LogP contribution in [0.5, 0.6) is 0 Å². The molecule has 1 aromatic heterocycles. The van der Waals surface area contributed by atoms with Gasteiger partial charge in [0.15, 0.2) is 5.69 Å². The molecule has 0 spiro atoms. The first-order chi connectivity index (χ1) is 7.34. The number of nitrogens with zero attached hydrogens (tertiary/aromatic N) is 3. The van der Waals surface area contributed by atoms with Crippen LogP contribution in [0.2, 0.25) is 0 Å². The molecule has 80 valence electrons. The van der Waals surface area contributed by atoms with Gasteiger partial charge in [-0.15, -0.1) is 5.10 Å². The fraction of sp³-hybridized carbons (Fsp3) is 0.667. The summed E-state index contributed by atoms with van der Waals surface area (Å²) in [5.41, 5.74) is 0.493. The molecule has 1 N–H and O–H groups in total. The van der Waals surface area contributed by atoms with Gasteiger partial charge in [-0.1, -0.05) is 4.49 Å². The third-order valence-electron chi connectivity index (χ3n) is 3.26. The van der Waals surface area contributed by atoms with Crippen molar-refractivity contribution in [3.63, 3.8) is 0 Å². The summed E-state index contributed by atoms with van der Waals surface area (Å²) in [5.74, 6) is 1.32. The topological polar surface area (TPSA) is 58.1 Å². The van der Waals surface area contributed by atoms with Gasteiger partial charge in [-0.2, -0.15) is 0 Å². The molecule has 2 aliphatic rings. The second-order valence-corrected chi connectivity index (χ2v) is 4.79. The van der Waals surface area contributed by atoms with Crippen LogP contribution in [0.25, 0.3) is 0 Å². The maximum absolute atomic E-state index is 11.9. The number of aromatic nitrogens is 2. The van der Waals surface area contributed by atoms with Crippen molar-refractivity contribution < 1.29 is 4.79 Å². The normalized spacial score (nSPS) is 29.5. The zero-order valence-corrected chi connectivity index (χ0v) is 9.04. The monoisotopic (exact) mass is 224 g/mol. The van der Waals surface area contributed by atoms with Gasteiger partial charge in [0.1, 0.15) is 0 Å². The lowest BCUT2D eigenvalue weighted by Gasteiger charge is -2.15. The molecule has 1 aromatic rings. The van der Waals surface area contributed by atoms with Crippen molar-refractivity contribution in [2.75, 3.05) is 26.2 Å². The standard InChI is InChI=1S/C9H12N4OS/c14-9(8-5-15-12-11-8)13-3-6-1-10-2-7(6)4-13/h5-7,10H,1-4H2/t6-,7+. The van der Waals surface area contributed by atoms with Gasteiger partial charge in [-0.3, -0.25) is 4.79 Å². The summed E-state index contributed by atoms with van der Waals surface area (Å²) in [5, 5.41) is 8.89. The van der Waals surface area contributed by atoms with Crippen LogP contribution in [0.4, 0.5) is 0 Å². The Balaban J connectivity index is 1.72. The summed E-state index contributed by atoms with van der Waals surface area (Å²) in [6.07, 6.45) is 0. The van der Waals surface area contributed by atoms with Crippen molar-refractivity contribution in [2.24, 2.45) is 11.8 Å². The summed E-state index contributed by atoms with van der Waals surface area (Å²) in [6, 6.07) is 0. The van der Waals surface area contributed by atoms with E-state index in [4.69, 9.17) is 0 Å². The van der Waals surface area contributed by atoms with Gasteiger partial charge in [0, 0.05) is 31.6 Å². The molecule has 2 atom stereocenters. The summed E-state index contributed by atoms with van der Waals surface area (Å²) >= 11 is 1.23. The molecule has 0 saturated carbocycles. The molecule has 2 aliphatic heterocycles. The Hall–Kier alpha value is -1.01. The van der Waals surface area contributed by atoms with Crippen molar-refractivity contribution >= 4 is 17.4 Å². The van der Waals surface area contributed by atoms with E-state index >= 15 is 0 Å². The first-order valence-electron chi connectivity index (χ1n) is 5.11. The number of fused-ring (bicyclic) bond motifs is 1. The van der Waals surface area contributed by atoms with E-state index in [9.17, 15) is 4.79 Å². The van der Waals surface area contributed by atoms with E-state index in [1.165, 1.54) is 11.5 Å². The summed E-state index contributed by atoms with van der Waals surface area (Å²) in [7, 11) is 0. The minimum Gasteiger partial charge on any atom is -0.337 e. The van der Waals surface area contributed by atoms with Crippen molar-refractivity contribution in [1.29, 1.82) is 0 Å². The minimum atomic E-state index is 0.0400. The van der Waals surface area contributed by atoms with Gasteiger partial charge < -0.3 is 10.2 Å². The molecule has 0 aliphatic carbocycles. The maximum atomic E-state index is 11.9. The molecule has 3 heterocycles. The Morgan fingerprint density at radius 3 is 2.80 bits per heavy atom. The van der Waals surface area contributed by atoms with Crippen LogP contribution in [0, 0.1) is 11.8 Å². The molecule has 2 fully saturated rings. The predicted octanol–water partition coefficient (Wildman–Crippen LogP) is -0.171. The van der Waals surface area contributed by atoms with Crippen molar-refractivity contribution in [3.8, 4) is 0 Å². The number of amides is 1. The van der Waals surface area contributed by atoms with Crippen molar-refractivity contribution in [3.05, 3.63) is 11.1 Å². The summed E-state index contributed by atoms with van der Waals surface area (Å²) in [4.78, 5) is 13.9. The lowest BCUT2D eigenvalue weighted by atomic mass is 10.0. The van der Waals surface area contributed by atoms with E-state index in [1.807, 2.05) is 4.90 Å². The summed E-state index contributed by atoms with van der Waals surface area (Å²) < 4.78 is 3.72. The van der Waals surface area contributed by atoms with Crippen LogP contribution >= 0.6 is 11.5 Å². The van der Waals surface area contributed by atoms with E-state index in [0.29, 0.717) is 17.5 Å². The molecular weight excluding hydrogens is 212 g/mol. The zero-order chi connectivity index (χ0) is 10.3. The molecule has 0 bridgehead atoms. The number of hydrogen-bond donors (Lipinski definition) is 1. The van der Waals surface area contributed by atoms with Gasteiger partial charge in [-0.25, -0.2) is 0 Å². The van der Waals surface area contributed by atoms with Gasteiger partial charge in [0.25, 0.3) is 5.91 Å². The Morgan fingerprint density at radius 2 is 2.20 bits per heavy atom. The molecule has 15 heavy (non-hydrogen) atoms. The van der Waals surface area contributed by atoms with E-state index in [2.05, 4.69) is 14.9 Å². The fourth-order valence-corrected chi connectivity index (χ4v) is 2.87. The van der Waals surface area contributed by atoms with Crippen LogP contribution in [0.15, 0.2) is 5.38 Å². The van der Waals surface area contributed by atoms with E-state index in [0.717, 1.165) is 26.2 Å². The molecule has 2 saturated heterocycles. The smallest absolute Gasteiger partial charge is 0.275 e. The van der Waals surface area contributed by atoms with Crippen molar-refractivity contribution in [1.82, 2.24) is 19.8 Å². The highest BCUT2D eigenvalue weighted by Gasteiger charge is 2.38. The average Bonchev–Trinajstić information content (AvgIpc) is 2.92. The highest BCUT2D eigenvalue weighted by molar-refractivity contribution is 7.03. The number of carbonyl (C=O) groups is 1. The van der Waals surface area contributed by atoms with Gasteiger partial charge in [-0.05, 0) is 23.4 Å². The number of carbonyl (C=O) groups excluding carboxylic acids is 1. The Bertz CT molecular complexity index is 354. The van der Waals surface area contributed by atoms with Crippen LogP contribution in [-0.4, -0.2) is 46.6 Å². The third-order valence-corrected chi connectivity index (χ3v) is 3.76. The van der Waals surface area contributed by atoms with Crippen LogP contribution in [0.3, 0.4) is 0 Å². The highest BCUT2D eigenvalue weighted by Crippen LogP contribution is 2.27. The first kappa shape index (κ1) is 9.23. The lowest BCUT2D eigenvalue weighted by Crippen LogP contribution is -2.32. The Morgan fingerprint density at radius 1 is 1.47 bits per heavy atom. The number of hydrogen-bond acceptors (Lipinski definition) is 5. The average molecular weight is 224 g/mol. The quantitative estimate of drug-likeness (QED) is 0.719. The molecule has 5 nitrogen and oxygen atoms in total. The first-order valence-corrected chi connectivity index (χ1v) is 5.95. The van der Waals surface area contributed by atoms with Crippen LogP contribution in [0.1, 0.15) is 10.5 Å². The fourth-order valence-electron chi connectivity index (χ4n) is 2.44. The minimum absolute atomic E-state index is 0.0400. The Labute approximate surface area is 91.6 Å². The second kappa shape index (κ2) is 3.53. The predicted molar refractivity (Wildman–Crippen MR) is 55.7 cm³/mol. The SMILES string of the molecule is O=C(c1csnn1)N1C[C@H]2CNC[C@H]2C1. The van der Waals surface area contributed by atoms with Gasteiger partial charge in [0.2, 0.25) is 0 Å². The number of nitrogens with one attached hydrogen (secondary N) is 1. The molecule has 1 amide bonds. The molecule has 0 radical (unpaired) electrons. The van der Waals surface area contributed by atoms with Gasteiger partial charge in [0.05, 0.1) is 0 Å². The van der Waals surface area contributed by atoms with Crippen LogP contribution in [-0.2, 0) is 0 Å². The Kier molecular flexibility index (Phi) is 2.17. The molecule has 0 aromatic carbocycles. The third kappa shape index (κ3) is 1.53. The summed E-state index contributed by atoms with van der Waals surface area (Å²) in [6.45, 7) is 3.83. The largest absolute Gasteiger partial charge is 0.337 e. The zero-order valence-electron chi connectivity index (χ0n) is 8.22. The number of likely N-dealkylation sites (tertiary alicyclic amines) is 1.